The highest BCUT2D eigenvalue weighted by Gasteiger charge is 2.41. The van der Waals surface area contributed by atoms with Crippen LogP contribution in [0.1, 0.15) is 28.1 Å². The molecule has 152 valence electrons. The fraction of sp³-hybridized carbons (Fsp3) is 0.348. The summed E-state index contributed by atoms with van der Waals surface area (Å²) in [6, 6.07) is 13.8. The first kappa shape index (κ1) is 19.6. The first-order chi connectivity index (χ1) is 14.0. The molecule has 0 saturated carbocycles. The number of rotatable bonds is 6. The molecule has 0 bridgehead atoms. The highest BCUT2D eigenvalue weighted by atomic mass is 19.1. The number of aliphatic hydroxyl groups is 1. The van der Waals surface area contributed by atoms with Gasteiger partial charge in [-0.3, -0.25) is 4.79 Å². The fourth-order valence-corrected chi connectivity index (χ4v) is 4.18. The molecule has 1 N–H and O–H groups in total. The highest BCUT2D eigenvalue weighted by Crippen LogP contribution is 2.36. The van der Waals surface area contributed by atoms with E-state index in [2.05, 4.69) is 0 Å². The van der Waals surface area contributed by atoms with Crippen molar-refractivity contribution in [2.45, 2.75) is 19.4 Å². The normalized spacial score (nSPS) is 19.2. The number of ether oxygens (including phenoxy) is 1. The molecule has 1 aliphatic heterocycles. The molecular formula is C23H24FNO4. The largest absolute Gasteiger partial charge is 0.451 e. The number of halogens is 1. The lowest BCUT2D eigenvalue weighted by atomic mass is 9.81. The molecule has 1 amide bonds. The number of likely N-dealkylation sites (tertiary alicyclic amines) is 1. The van der Waals surface area contributed by atoms with Crippen molar-refractivity contribution < 1.29 is 23.4 Å². The van der Waals surface area contributed by atoms with Crippen LogP contribution < -0.4 is 0 Å². The molecule has 29 heavy (non-hydrogen) atoms. The number of nitrogens with zero attached hydrogens (tertiary/aromatic N) is 1. The Morgan fingerprint density at radius 2 is 2.00 bits per heavy atom. The van der Waals surface area contributed by atoms with Crippen LogP contribution in [0.3, 0.4) is 0 Å². The Morgan fingerprint density at radius 1 is 1.24 bits per heavy atom. The first-order valence-electron chi connectivity index (χ1n) is 9.69. The minimum atomic E-state index is -0.444. The van der Waals surface area contributed by atoms with E-state index in [1.165, 1.54) is 12.1 Å². The van der Waals surface area contributed by atoms with Gasteiger partial charge in [0.1, 0.15) is 11.4 Å². The Morgan fingerprint density at radius 3 is 2.72 bits per heavy atom. The third-order valence-electron chi connectivity index (χ3n) is 5.73. The first-order valence-corrected chi connectivity index (χ1v) is 9.69. The fourth-order valence-electron chi connectivity index (χ4n) is 4.18. The van der Waals surface area contributed by atoms with Gasteiger partial charge in [-0.15, -0.1) is 0 Å². The van der Waals surface area contributed by atoms with Crippen LogP contribution in [0.2, 0.25) is 0 Å². The van der Waals surface area contributed by atoms with Crippen LogP contribution in [0, 0.1) is 11.2 Å². The minimum absolute atomic E-state index is 0.0424. The Hall–Kier alpha value is -2.70. The summed E-state index contributed by atoms with van der Waals surface area (Å²) >= 11 is 0. The van der Waals surface area contributed by atoms with Crippen molar-refractivity contribution in [1.29, 1.82) is 0 Å². The van der Waals surface area contributed by atoms with Gasteiger partial charge in [0.25, 0.3) is 5.91 Å². The van der Waals surface area contributed by atoms with Gasteiger partial charge in [0, 0.05) is 36.6 Å². The summed E-state index contributed by atoms with van der Waals surface area (Å²) in [5.41, 5.74) is 1.90. The second-order valence-corrected chi connectivity index (χ2v) is 7.78. The predicted molar refractivity (Wildman–Crippen MR) is 107 cm³/mol. The number of fused-ring (bicyclic) bond motifs is 1. The average Bonchev–Trinajstić information content (AvgIpc) is 3.32. The van der Waals surface area contributed by atoms with Crippen molar-refractivity contribution in [3.8, 4) is 0 Å². The lowest BCUT2D eigenvalue weighted by molar-refractivity contribution is 0.0705. The van der Waals surface area contributed by atoms with Crippen LogP contribution in [0.25, 0.3) is 11.0 Å². The summed E-state index contributed by atoms with van der Waals surface area (Å²) in [5.74, 6) is -0.183. The number of furan rings is 1. The van der Waals surface area contributed by atoms with Crippen LogP contribution in [0.5, 0.6) is 0 Å². The maximum atomic E-state index is 13.3. The molecule has 1 aliphatic rings. The molecule has 0 radical (unpaired) electrons. The maximum absolute atomic E-state index is 13.3. The molecule has 3 aromatic rings. The Labute approximate surface area is 168 Å². The van der Waals surface area contributed by atoms with Crippen LogP contribution in [-0.4, -0.2) is 42.7 Å². The van der Waals surface area contributed by atoms with Crippen LogP contribution in [-0.2, 0) is 17.8 Å². The topological polar surface area (TPSA) is 62.9 Å². The number of carbonyl (C=O) groups is 1. The number of aliphatic hydroxyl groups excluding tert-OH is 1. The van der Waals surface area contributed by atoms with Crippen molar-refractivity contribution in [2.24, 2.45) is 5.41 Å². The minimum Gasteiger partial charge on any atom is -0.451 e. The molecule has 1 atom stereocenters. The van der Waals surface area contributed by atoms with Crippen molar-refractivity contribution in [1.82, 2.24) is 4.90 Å². The molecule has 1 saturated heterocycles. The summed E-state index contributed by atoms with van der Waals surface area (Å²) in [6.45, 7) is 1.19. The molecule has 0 spiro atoms. The van der Waals surface area contributed by atoms with Gasteiger partial charge in [-0.25, -0.2) is 4.39 Å². The van der Waals surface area contributed by atoms with Gasteiger partial charge in [-0.1, -0.05) is 30.3 Å². The zero-order chi connectivity index (χ0) is 20.4. The number of para-hydroxylation sites is 1. The second-order valence-electron chi connectivity index (χ2n) is 7.78. The number of hydrogen-bond acceptors (Lipinski definition) is 4. The standard InChI is InChI=1S/C23H24FNO4/c1-28-13-19-18-4-2-3-5-20(18)29-21(19)22(27)25-11-10-23(14-25,15-26)12-16-6-8-17(24)9-7-16/h2-9,26H,10-15H2,1H3. The van der Waals surface area contributed by atoms with Crippen molar-refractivity contribution >= 4 is 16.9 Å². The number of hydrogen-bond donors (Lipinski definition) is 1. The molecular weight excluding hydrogens is 373 g/mol. The quantitative estimate of drug-likeness (QED) is 0.688. The van der Waals surface area contributed by atoms with Crippen LogP contribution in [0.15, 0.2) is 52.9 Å². The zero-order valence-electron chi connectivity index (χ0n) is 16.4. The average molecular weight is 397 g/mol. The molecule has 5 nitrogen and oxygen atoms in total. The van der Waals surface area contributed by atoms with E-state index in [1.54, 1.807) is 24.1 Å². The Kier molecular flexibility index (Phi) is 5.39. The van der Waals surface area contributed by atoms with Gasteiger partial charge < -0.3 is 19.2 Å². The lowest BCUT2D eigenvalue weighted by Crippen LogP contribution is -2.35. The number of methoxy groups -OCH3 is 1. The monoisotopic (exact) mass is 397 g/mol. The van der Waals surface area contributed by atoms with Gasteiger partial charge in [0.15, 0.2) is 5.76 Å². The van der Waals surface area contributed by atoms with Crippen molar-refractivity contribution in [2.75, 3.05) is 26.8 Å². The van der Waals surface area contributed by atoms with Gasteiger partial charge in [0.05, 0.1) is 13.2 Å². The summed E-state index contributed by atoms with van der Waals surface area (Å²) in [6.07, 6.45) is 1.26. The molecule has 2 aromatic carbocycles. The van der Waals surface area contributed by atoms with Gasteiger partial charge in [-0.2, -0.15) is 0 Å². The van der Waals surface area contributed by atoms with Gasteiger partial charge in [-0.05, 0) is 36.6 Å². The molecule has 6 heteroatoms. The number of amides is 1. The van der Waals surface area contributed by atoms with E-state index in [9.17, 15) is 14.3 Å². The molecule has 1 aromatic heterocycles. The van der Waals surface area contributed by atoms with E-state index < -0.39 is 5.41 Å². The summed E-state index contributed by atoms with van der Waals surface area (Å²) in [7, 11) is 1.59. The lowest BCUT2D eigenvalue weighted by Gasteiger charge is -2.27. The van der Waals surface area contributed by atoms with E-state index in [0.717, 1.165) is 16.5 Å². The van der Waals surface area contributed by atoms with Crippen LogP contribution in [0.4, 0.5) is 4.39 Å². The third kappa shape index (κ3) is 3.78. The Balaban J connectivity index is 1.58. The molecule has 4 rings (SSSR count). The van der Waals surface area contributed by atoms with E-state index in [-0.39, 0.29) is 24.9 Å². The number of benzene rings is 2. The maximum Gasteiger partial charge on any atom is 0.290 e. The molecule has 0 aliphatic carbocycles. The molecule has 1 unspecified atom stereocenters. The zero-order valence-corrected chi connectivity index (χ0v) is 16.4. The van der Waals surface area contributed by atoms with Crippen molar-refractivity contribution in [3.05, 3.63) is 71.2 Å². The van der Waals surface area contributed by atoms with E-state index in [0.29, 0.717) is 37.3 Å². The highest BCUT2D eigenvalue weighted by molar-refractivity contribution is 5.99. The third-order valence-corrected chi connectivity index (χ3v) is 5.73. The SMILES string of the molecule is COCc1c(C(=O)N2CCC(CO)(Cc3ccc(F)cc3)C2)oc2ccccc12. The Bertz CT molecular complexity index is 1010. The summed E-state index contributed by atoms with van der Waals surface area (Å²) in [4.78, 5) is 15.0. The summed E-state index contributed by atoms with van der Waals surface area (Å²) in [5, 5.41) is 11.0. The smallest absolute Gasteiger partial charge is 0.290 e. The van der Waals surface area contributed by atoms with Gasteiger partial charge >= 0.3 is 0 Å². The van der Waals surface area contributed by atoms with Gasteiger partial charge in [0.2, 0.25) is 0 Å². The van der Waals surface area contributed by atoms with Crippen molar-refractivity contribution in [3.63, 3.8) is 0 Å². The second kappa shape index (κ2) is 7.97. The van der Waals surface area contributed by atoms with E-state index in [4.69, 9.17) is 9.15 Å². The molecule has 2 heterocycles. The predicted octanol–water partition coefficient (Wildman–Crippen LogP) is 3.79. The van der Waals surface area contributed by atoms with Crippen LogP contribution >= 0.6 is 0 Å². The molecule has 1 fully saturated rings. The summed E-state index contributed by atoms with van der Waals surface area (Å²) < 4.78 is 24.4. The number of carbonyl (C=O) groups excluding carboxylic acids is 1. The van der Waals surface area contributed by atoms with E-state index in [1.807, 2.05) is 24.3 Å². The van der Waals surface area contributed by atoms with E-state index >= 15 is 0 Å².